The molecule has 0 saturated carbocycles. The van der Waals surface area contributed by atoms with E-state index < -0.39 is 0 Å². The van der Waals surface area contributed by atoms with E-state index in [1.54, 1.807) is 6.33 Å². The van der Waals surface area contributed by atoms with Crippen LogP contribution in [0.1, 0.15) is 17.5 Å². The Bertz CT molecular complexity index is 779. The number of H-pyrrole nitrogens is 1. The molecule has 3 heterocycles. The second-order valence-electron chi connectivity index (χ2n) is 5.69. The van der Waals surface area contributed by atoms with Crippen LogP contribution in [0.4, 0.5) is 0 Å². The fourth-order valence-electron chi connectivity index (χ4n) is 2.93. The minimum absolute atomic E-state index is 0.0165. The van der Waals surface area contributed by atoms with Gasteiger partial charge in [-0.3, -0.25) is 10.00 Å². The molecule has 4 rings (SSSR count). The fourth-order valence-corrected chi connectivity index (χ4v) is 2.93. The number of morpholine rings is 1. The summed E-state index contributed by atoms with van der Waals surface area (Å²) in [7, 11) is 1.95. The van der Waals surface area contributed by atoms with Crippen LogP contribution >= 0.6 is 0 Å². The third kappa shape index (κ3) is 2.49. The molecule has 0 spiro atoms. The summed E-state index contributed by atoms with van der Waals surface area (Å²) in [5, 5.41) is 16.3. The highest BCUT2D eigenvalue weighted by atomic mass is 16.5. The molecule has 1 N–H and O–H groups in total. The summed E-state index contributed by atoms with van der Waals surface area (Å²) < 4.78 is 7.77. The second kappa shape index (κ2) is 5.51. The lowest BCUT2D eigenvalue weighted by Crippen LogP contribution is -2.38. The van der Waals surface area contributed by atoms with Gasteiger partial charge < -0.3 is 9.30 Å². The maximum Gasteiger partial charge on any atom is 0.163 e. The predicted octanol–water partition coefficient (Wildman–Crippen LogP) is 1.26. The van der Waals surface area contributed by atoms with Gasteiger partial charge in [0.25, 0.3) is 0 Å². The second-order valence-corrected chi connectivity index (χ2v) is 5.69. The van der Waals surface area contributed by atoms with E-state index in [2.05, 4.69) is 43.5 Å². The molecular weight excluding hydrogens is 280 g/mol. The van der Waals surface area contributed by atoms with Gasteiger partial charge in [-0.05, 0) is 11.6 Å². The van der Waals surface area contributed by atoms with Gasteiger partial charge in [-0.1, -0.05) is 12.1 Å². The normalized spacial score (nSPS) is 19.8. The number of nitrogens with zero attached hydrogens (tertiary/aromatic N) is 5. The smallest absolute Gasteiger partial charge is 0.163 e. The van der Waals surface area contributed by atoms with E-state index in [4.69, 9.17) is 4.74 Å². The molecule has 1 fully saturated rings. The van der Waals surface area contributed by atoms with Gasteiger partial charge in [0, 0.05) is 32.1 Å². The molecule has 1 aliphatic heterocycles. The molecule has 2 aromatic heterocycles. The molecule has 1 aliphatic rings. The van der Waals surface area contributed by atoms with Crippen LogP contribution in [0.2, 0.25) is 0 Å². The molecule has 0 amide bonds. The molecule has 1 saturated heterocycles. The van der Waals surface area contributed by atoms with Crippen molar-refractivity contribution in [1.82, 2.24) is 29.9 Å². The van der Waals surface area contributed by atoms with Crippen LogP contribution in [0.3, 0.4) is 0 Å². The number of hydrogen-bond acceptors (Lipinski definition) is 5. The Morgan fingerprint density at radius 2 is 2.36 bits per heavy atom. The zero-order valence-corrected chi connectivity index (χ0v) is 12.4. The first-order valence-electron chi connectivity index (χ1n) is 7.39. The van der Waals surface area contributed by atoms with E-state index >= 15 is 0 Å². The topological polar surface area (TPSA) is 71.9 Å². The first kappa shape index (κ1) is 13.4. The maximum atomic E-state index is 5.85. The van der Waals surface area contributed by atoms with E-state index in [-0.39, 0.29) is 6.10 Å². The van der Waals surface area contributed by atoms with Gasteiger partial charge in [-0.2, -0.15) is 5.10 Å². The van der Waals surface area contributed by atoms with Crippen LogP contribution in [-0.2, 0) is 18.3 Å². The summed E-state index contributed by atoms with van der Waals surface area (Å²) in [4.78, 5) is 2.39. The van der Waals surface area contributed by atoms with Crippen molar-refractivity contribution < 1.29 is 4.74 Å². The monoisotopic (exact) mass is 298 g/mol. The van der Waals surface area contributed by atoms with Crippen molar-refractivity contribution in [1.29, 1.82) is 0 Å². The molecule has 0 bridgehead atoms. The van der Waals surface area contributed by atoms with Crippen molar-refractivity contribution in [3.63, 3.8) is 0 Å². The standard InChI is InChI=1S/C15H18N6O/c1-20-10-17-19-15(20)14-9-21(4-5-22-14)8-11-2-3-12-7-16-18-13(12)6-11/h2-3,6-7,10,14H,4-5,8-9H2,1H3,(H,16,18). The molecule has 3 aromatic rings. The summed E-state index contributed by atoms with van der Waals surface area (Å²) in [6.07, 6.45) is 3.54. The summed E-state index contributed by atoms with van der Waals surface area (Å²) in [5.41, 5.74) is 2.35. The third-order valence-electron chi connectivity index (χ3n) is 4.10. The molecule has 7 heteroatoms. The van der Waals surface area contributed by atoms with Crippen LogP contribution in [0, 0.1) is 0 Å². The van der Waals surface area contributed by atoms with E-state index in [0.717, 1.165) is 36.4 Å². The van der Waals surface area contributed by atoms with Crippen molar-refractivity contribution in [3.05, 3.63) is 42.1 Å². The molecule has 0 radical (unpaired) electrons. The highest BCUT2D eigenvalue weighted by Crippen LogP contribution is 2.22. The van der Waals surface area contributed by atoms with Gasteiger partial charge in [0.05, 0.1) is 18.3 Å². The number of aromatic amines is 1. The molecule has 22 heavy (non-hydrogen) atoms. The number of ether oxygens (including phenoxy) is 1. The Labute approximate surface area is 127 Å². The Balaban J connectivity index is 1.49. The molecule has 1 atom stereocenters. The first-order chi connectivity index (χ1) is 10.8. The van der Waals surface area contributed by atoms with Gasteiger partial charge >= 0.3 is 0 Å². The van der Waals surface area contributed by atoms with Crippen LogP contribution in [0.15, 0.2) is 30.7 Å². The van der Waals surface area contributed by atoms with Gasteiger partial charge in [0.2, 0.25) is 0 Å². The van der Waals surface area contributed by atoms with Gasteiger partial charge in [0.1, 0.15) is 12.4 Å². The number of rotatable bonds is 3. The van der Waals surface area contributed by atoms with Gasteiger partial charge in [0.15, 0.2) is 5.82 Å². The van der Waals surface area contributed by atoms with Crippen LogP contribution < -0.4 is 0 Å². The fraction of sp³-hybridized carbons (Fsp3) is 0.400. The number of aryl methyl sites for hydroxylation is 1. The van der Waals surface area contributed by atoms with Crippen molar-refractivity contribution in [2.45, 2.75) is 12.6 Å². The Morgan fingerprint density at radius 1 is 1.41 bits per heavy atom. The summed E-state index contributed by atoms with van der Waals surface area (Å²) >= 11 is 0. The SMILES string of the molecule is Cn1cnnc1C1CN(Cc2ccc3cn[nH]c3c2)CCO1. The molecule has 7 nitrogen and oxygen atoms in total. The number of hydrogen-bond donors (Lipinski definition) is 1. The lowest BCUT2D eigenvalue weighted by molar-refractivity contribution is -0.0385. The zero-order valence-electron chi connectivity index (χ0n) is 12.4. The van der Waals surface area contributed by atoms with E-state index in [1.807, 2.05) is 17.8 Å². The summed E-state index contributed by atoms with van der Waals surface area (Å²) in [6, 6.07) is 6.43. The number of fused-ring (bicyclic) bond motifs is 1. The number of benzene rings is 1. The Hall–Kier alpha value is -2.25. The Morgan fingerprint density at radius 3 is 3.23 bits per heavy atom. The summed E-state index contributed by atoms with van der Waals surface area (Å²) in [6.45, 7) is 3.36. The largest absolute Gasteiger partial charge is 0.368 e. The number of aromatic nitrogens is 5. The van der Waals surface area contributed by atoms with Crippen LogP contribution in [0.25, 0.3) is 10.9 Å². The lowest BCUT2D eigenvalue weighted by atomic mass is 10.1. The minimum atomic E-state index is -0.0165. The maximum absolute atomic E-state index is 5.85. The predicted molar refractivity (Wildman–Crippen MR) is 81.1 cm³/mol. The van der Waals surface area contributed by atoms with Gasteiger partial charge in [-0.25, -0.2) is 0 Å². The van der Waals surface area contributed by atoms with Crippen molar-refractivity contribution in [2.24, 2.45) is 7.05 Å². The van der Waals surface area contributed by atoms with E-state index in [1.165, 1.54) is 5.56 Å². The van der Waals surface area contributed by atoms with Gasteiger partial charge in [-0.15, -0.1) is 10.2 Å². The quantitative estimate of drug-likeness (QED) is 0.788. The highest BCUT2D eigenvalue weighted by Gasteiger charge is 2.25. The molecule has 1 unspecified atom stereocenters. The Kier molecular flexibility index (Phi) is 3.36. The molecule has 114 valence electrons. The number of nitrogens with one attached hydrogen (secondary N) is 1. The van der Waals surface area contributed by atoms with Crippen molar-refractivity contribution >= 4 is 10.9 Å². The first-order valence-corrected chi connectivity index (χ1v) is 7.39. The zero-order chi connectivity index (χ0) is 14.9. The highest BCUT2D eigenvalue weighted by molar-refractivity contribution is 5.78. The van der Waals surface area contributed by atoms with Crippen LogP contribution in [-0.4, -0.2) is 49.6 Å². The molecule has 0 aliphatic carbocycles. The minimum Gasteiger partial charge on any atom is -0.368 e. The average molecular weight is 298 g/mol. The van der Waals surface area contributed by atoms with E-state index in [0.29, 0.717) is 6.61 Å². The lowest BCUT2D eigenvalue weighted by Gasteiger charge is -2.32. The van der Waals surface area contributed by atoms with Crippen molar-refractivity contribution in [2.75, 3.05) is 19.7 Å². The third-order valence-corrected chi connectivity index (χ3v) is 4.10. The van der Waals surface area contributed by atoms with Crippen LogP contribution in [0.5, 0.6) is 0 Å². The summed E-state index contributed by atoms with van der Waals surface area (Å²) in [5.74, 6) is 0.883. The van der Waals surface area contributed by atoms with Crippen molar-refractivity contribution in [3.8, 4) is 0 Å². The molecular formula is C15H18N6O. The average Bonchev–Trinajstić information content (AvgIpc) is 3.15. The van der Waals surface area contributed by atoms with E-state index in [9.17, 15) is 0 Å². The molecule has 1 aromatic carbocycles.